The first kappa shape index (κ1) is 27.3. The van der Waals surface area contributed by atoms with Crippen molar-refractivity contribution in [1.29, 1.82) is 0 Å². The zero-order chi connectivity index (χ0) is 27.9. The average Bonchev–Trinajstić information content (AvgIpc) is 3.59. The number of carbonyl (C=O) groups is 1. The number of hydrogen-bond donors (Lipinski definition) is 3. The molecular weight excluding hydrogens is 517 g/mol. The Morgan fingerprint density at radius 1 is 1.20 bits per heavy atom. The Morgan fingerprint density at radius 2 is 2.10 bits per heavy atom. The maximum Gasteiger partial charge on any atom is 0.246 e. The van der Waals surface area contributed by atoms with Crippen LogP contribution in [0.3, 0.4) is 0 Å². The largest absolute Gasteiger partial charge is 0.493 e. The SMILES string of the molecule is COc1cc2c(Nc3ccn(CC(=O)Nc4cccc(F)c4)n3)ncnc2cc1OCCCN1CCC[C@@H]1CO. The highest BCUT2D eigenvalue weighted by Crippen LogP contribution is 2.34. The van der Waals surface area contributed by atoms with Crippen LogP contribution in [0.5, 0.6) is 11.5 Å². The van der Waals surface area contributed by atoms with Crippen LogP contribution < -0.4 is 20.1 Å². The van der Waals surface area contributed by atoms with E-state index in [1.54, 1.807) is 25.4 Å². The molecule has 5 rings (SSSR count). The van der Waals surface area contributed by atoms with E-state index in [4.69, 9.17) is 9.47 Å². The molecule has 210 valence electrons. The van der Waals surface area contributed by atoms with Crippen molar-refractivity contribution in [3.8, 4) is 11.5 Å². The van der Waals surface area contributed by atoms with E-state index >= 15 is 0 Å². The van der Waals surface area contributed by atoms with Crippen molar-refractivity contribution in [3.63, 3.8) is 0 Å². The number of carbonyl (C=O) groups excluding carboxylic acids is 1. The molecule has 12 heteroatoms. The molecule has 2 aromatic carbocycles. The number of aliphatic hydroxyl groups is 1. The standard InChI is InChI=1S/C28H32FN7O4/c1-39-24-14-22-23(15-25(24)40-12-4-10-35-9-3-7-21(35)17-37)30-18-31-28(22)33-26-8-11-36(34-26)16-27(38)32-20-6-2-5-19(29)13-20/h2,5-6,8,11,13-15,18,21,37H,3-4,7,9-10,12,16-17H2,1H3,(H,32,38)(H,30,31,33,34)/t21-/m1/s1. The first-order chi connectivity index (χ1) is 19.5. The highest BCUT2D eigenvalue weighted by molar-refractivity contribution is 5.93. The van der Waals surface area contributed by atoms with Crippen LogP contribution in [0, 0.1) is 5.82 Å². The van der Waals surface area contributed by atoms with Crippen molar-refractivity contribution < 1.29 is 23.8 Å². The molecule has 0 aliphatic carbocycles. The Morgan fingerprint density at radius 3 is 2.92 bits per heavy atom. The number of fused-ring (bicyclic) bond motifs is 1. The summed E-state index contributed by atoms with van der Waals surface area (Å²) in [6.45, 7) is 2.54. The van der Waals surface area contributed by atoms with Crippen LogP contribution in [0.4, 0.5) is 21.7 Å². The molecule has 1 fully saturated rings. The normalized spacial score (nSPS) is 15.3. The van der Waals surface area contributed by atoms with Gasteiger partial charge in [0.05, 0.1) is 25.8 Å². The van der Waals surface area contributed by atoms with Crippen molar-refractivity contribution in [2.24, 2.45) is 0 Å². The van der Waals surface area contributed by atoms with Crippen LogP contribution in [0.2, 0.25) is 0 Å². The first-order valence-electron chi connectivity index (χ1n) is 13.2. The molecule has 11 nitrogen and oxygen atoms in total. The van der Waals surface area contributed by atoms with Crippen LogP contribution in [-0.2, 0) is 11.3 Å². The zero-order valence-corrected chi connectivity index (χ0v) is 22.2. The number of hydrogen-bond acceptors (Lipinski definition) is 9. The van der Waals surface area contributed by atoms with Crippen LogP contribution in [0.1, 0.15) is 19.3 Å². The lowest BCUT2D eigenvalue weighted by Gasteiger charge is -2.22. The zero-order valence-electron chi connectivity index (χ0n) is 22.2. The molecule has 1 aliphatic heterocycles. The van der Waals surface area contributed by atoms with E-state index in [-0.39, 0.29) is 25.1 Å². The predicted molar refractivity (Wildman–Crippen MR) is 148 cm³/mol. The van der Waals surface area contributed by atoms with Gasteiger partial charge in [0.15, 0.2) is 17.3 Å². The number of ether oxygens (including phenoxy) is 2. The smallest absolute Gasteiger partial charge is 0.246 e. The second-order valence-corrected chi connectivity index (χ2v) is 9.54. The van der Waals surface area contributed by atoms with Gasteiger partial charge in [0.1, 0.15) is 24.5 Å². The van der Waals surface area contributed by atoms with Gasteiger partial charge in [0.2, 0.25) is 5.91 Å². The number of methoxy groups -OCH3 is 1. The summed E-state index contributed by atoms with van der Waals surface area (Å²) in [7, 11) is 1.58. The fraction of sp³-hybridized carbons (Fsp3) is 0.357. The molecule has 0 spiro atoms. The highest BCUT2D eigenvalue weighted by Gasteiger charge is 2.23. The summed E-state index contributed by atoms with van der Waals surface area (Å²) in [5.41, 5.74) is 1.05. The lowest BCUT2D eigenvalue weighted by atomic mass is 10.2. The van der Waals surface area contributed by atoms with Gasteiger partial charge in [-0.2, -0.15) is 5.10 Å². The molecular formula is C28H32FN7O4. The predicted octanol–water partition coefficient (Wildman–Crippen LogP) is 3.58. The Balaban J connectivity index is 1.22. The molecule has 0 radical (unpaired) electrons. The van der Waals surface area contributed by atoms with Gasteiger partial charge in [-0.25, -0.2) is 14.4 Å². The number of nitrogens with one attached hydrogen (secondary N) is 2. The van der Waals surface area contributed by atoms with E-state index < -0.39 is 5.82 Å². The van der Waals surface area contributed by atoms with Crippen molar-refractivity contribution in [2.45, 2.75) is 31.8 Å². The molecule has 0 unspecified atom stereocenters. The maximum absolute atomic E-state index is 13.4. The summed E-state index contributed by atoms with van der Waals surface area (Å²) in [4.78, 5) is 23.4. The van der Waals surface area contributed by atoms with Gasteiger partial charge in [-0.3, -0.25) is 14.4 Å². The monoisotopic (exact) mass is 549 g/mol. The van der Waals surface area contributed by atoms with Crippen LogP contribution >= 0.6 is 0 Å². The molecule has 40 heavy (non-hydrogen) atoms. The molecule has 1 saturated heterocycles. The Hall–Kier alpha value is -4.29. The van der Waals surface area contributed by atoms with Crippen molar-refractivity contribution >= 4 is 34.1 Å². The van der Waals surface area contributed by atoms with Gasteiger partial charge < -0.3 is 25.2 Å². The molecule has 0 bridgehead atoms. The van der Waals surface area contributed by atoms with Gasteiger partial charge in [-0.15, -0.1) is 0 Å². The number of rotatable bonds is 12. The lowest BCUT2D eigenvalue weighted by molar-refractivity contribution is -0.116. The van der Waals surface area contributed by atoms with E-state index in [2.05, 4.69) is 30.6 Å². The average molecular weight is 550 g/mol. The van der Waals surface area contributed by atoms with Crippen LogP contribution in [-0.4, -0.2) is 75.1 Å². The summed E-state index contributed by atoms with van der Waals surface area (Å²) in [6.07, 6.45) is 6.10. The Kier molecular flexibility index (Phi) is 8.67. The number of benzene rings is 2. The van der Waals surface area contributed by atoms with E-state index in [1.165, 1.54) is 29.2 Å². The van der Waals surface area contributed by atoms with Gasteiger partial charge in [0, 0.05) is 42.0 Å². The Bertz CT molecular complexity index is 1460. The number of nitrogens with zero attached hydrogens (tertiary/aromatic N) is 5. The van der Waals surface area contributed by atoms with E-state index in [9.17, 15) is 14.3 Å². The number of halogens is 1. The fourth-order valence-corrected chi connectivity index (χ4v) is 4.83. The number of anilines is 3. The molecule has 3 heterocycles. The quantitative estimate of drug-likeness (QED) is 0.227. The topological polar surface area (TPSA) is 127 Å². The molecule has 0 saturated carbocycles. The lowest BCUT2D eigenvalue weighted by Crippen LogP contribution is -2.33. The number of amides is 1. The molecule has 3 N–H and O–H groups in total. The second kappa shape index (κ2) is 12.7. The van der Waals surface area contributed by atoms with Gasteiger partial charge >= 0.3 is 0 Å². The van der Waals surface area contributed by atoms with Crippen molar-refractivity contribution in [3.05, 3.63) is 60.8 Å². The molecule has 2 aromatic heterocycles. The number of aliphatic hydroxyl groups excluding tert-OH is 1. The first-order valence-corrected chi connectivity index (χ1v) is 13.2. The molecule has 1 atom stereocenters. The van der Waals surface area contributed by atoms with E-state index in [1.807, 2.05) is 12.1 Å². The second-order valence-electron chi connectivity index (χ2n) is 9.54. The number of likely N-dealkylation sites (tertiary alicyclic amines) is 1. The summed E-state index contributed by atoms with van der Waals surface area (Å²) >= 11 is 0. The number of aromatic nitrogens is 4. The van der Waals surface area contributed by atoms with E-state index in [0.717, 1.165) is 32.4 Å². The third-order valence-corrected chi connectivity index (χ3v) is 6.78. The maximum atomic E-state index is 13.4. The fourth-order valence-electron chi connectivity index (χ4n) is 4.83. The van der Waals surface area contributed by atoms with Crippen molar-refractivity contribution in [1.82, 2.24) is 24.6 Å². The molecule has 1 aliphatic rings. The minimum atomic E-state index is -0.426. The summed E-state index contributed by atoms with van der Waals surface area (Å²) in [5, 5.41) is 20.5. The van der Waals surface area contributed by atoms with Gasteiger partial charge in [-0.05, 0) is 50.1 Å². The van der Waals surface area contributed by atoms with Gasteiger partial charge in [0.25, 0.3) is 0 Å². The van der Waals surface area contributed by atoms with Crippen molar-refractivity contribution in [2.75, 3.05) is 44.0 Å². The van der Waals surface area contributed by atoms with Crippen LogP contribution in [0.15, 0.2) is 55.0 Å². The minimum absolute atomic E-state index is 0.0460. The molecule has 1 amide bonds. The minimum Gasteiger partial charge on any atom is -0.493 e. The van der Waals surface area contributed by atoms with Gasteiger partial charge in [-0.1, -0.05) is 6.07 Å². The highest BCUT2D eigenvalue weighted by atomic mass is 19.1. The van der Waals surface area contributed by atoms with E-state index in [0.29, 0.717) is 46.3 Å². The van der Waals surface area contributed by atoms with Crippen LogP contribution in [0.25, 0.3) is 10.9 Å². The third kappa shape index (κ3) is 6.64. The summed E-state index contributed by atoms with van der Waals surface area (Å²) in [6, 6.07) is 11.3. The third-order valence-electron chi connectivity index (χ3n) is 6.78. The summed E-state index contributed by atoms with van der Waals surface area (Å²) in [5.74, 6) is 1.39. The molecule has 4 aromatic rings. The summed E-state index contributed by atoms with van der Waals surface area (Å²) < 4.78 is 26.5. The Labute approximate surface area is 230 Å².